The number of halogens is 2. The van der Waals surface area contributed by atoms with Crippen molar-refractivity contribution < 1.29 is 27.8 Å². The van der Waals surface area contributed by atoms with Gasteiger partial charge in [0.15, 0.2) is 5.82 Å². The summed E-state index contributed by atoms with van der Waals surface area (Å²) in [6.45, 7) is 5.33. The summed E-state index contributed by atoms with van der Waals surface area (Å²) in [5.74, 6) is -2.44. The molecule has 14 nitrogen and oxygen atoms in total. The predicted molar refractivity (Wildman–Crippen MR) is 144 cm³/mol. The molecule has 0 bridgehead atoms. The molecule has 3 amide bonds. The molecule has 5 heterocycles. The molecule has 3 N–H and O–H groups in total. The quantitative estimate of drug-likeness (QED) is 0.441. The summed E-state index contributed by atoms with van der Waals surface area (Å²) >= 11 is 0. The molecule has 41 heavy (non-hydrogen) atoms. The average molecular weight is 577 g/mol. The van der Waals surface area contributed by atoms with Crippen LogP contribution in [0.1, 0.15) is 19.8 Å². The van der Waals surface area contributed by atoms with E-state index in [2.05, 4.69) is 40.8 Å². The number of anilines is 3. The van der Waals surface area contributed by atoms with Gasteiger partial charge in [0, 0.05) is 71.4 Å². The molecule has 222 valence electrons. The topological polar surface area (TPSA) is 150 Å². The van der Waals surface area contributed by atoms with E-state index >= 15 is 0 Å². The standard InChI is InChI=1S/C25H34F2N10O4/c1-3-40-21-13-30-20(12-31-21)33-23(38)35(2)18-15-37(8-5-25(18,26)27)22-29-6-4-19(32-22)34-24(39)41-17-10-16-11-28-7-9-36(16)14-17/h4,6,12-13,16-18,28H,3,5,7-11,14-15H2,1-2H3,(H,30,33,38)(H,29,32,34,39)/t16-,17-,18+/m1/s1. The first-order chi connectivity index (χ1) is 19.7. The van der Waals surface area contributed by atoms with Gasteiger partial charge in [0.05, 0.1) is 19.0 Å². The lowest BCUT2D eigenvalue weighted by molar-refractivity contribution is -0.0760. The van der Waals surface area contributed by atoms with Gasteiger partial charge in [-0.15, -0.1) is 0 Å². The van der Waals surface area contributed by atoms with E-state index in [1.165, 1.54) is 31.7 Å². The molecule has 0 aromatic carbocycles. The summed E-state index contributed by atoms with van der Waals surface area (Å²) in [6.07, 6.45) is 3.43. The second kappa shape index (κ2) is 12.3. The summed E-state index contributed by atoms with van der Waals surface area (Å²) in [6, 6.07) is -0.396. The molecule has 2 aromatic rings. The van der Waals surface area contributed by atoms with Gasteiger partial charge in [-0.3, -0.25) is 15.5 Å². The molecule has 0 spiro atoms. The minimum atomic E-state index is -3.16. The van der Waals surface area contributed by atoms with Crippen LogP contribution >= 0.6 is 0 Å². The molecular weight excluding hydrogens is 542 g/mol. The number of piperazine rings is 1. The highest BCUT2D eigenvalue weighted by molar-refractivity contribution is 5.88. The van der Waals surface area contributed by atoms with Gasteiger partial charge < -0.3 is 24.6 Å². The Hall–Kier alpha value is -3.92. The van der Waals surface area contributed by atoms with Gasteiger partial charge in [0.2, 0.25) is 11.8 Å². The number of piperidine rings is 1. The minimum Gasteiger partial charge on any atom is -0.477 e. The van der Waals surface area contributed by atoms with Gasteiger partial charge in [-0.25, -0.2) is 33.3 Å². The fourth-order valence-electron chi connectivity index (χ4n) is 5.27. The van der Waals surface area contributed by atoms with Crippen LogP contribution in [0.4, 0.5) is 36.0 Å². The largest absolute Gasteiger partial charge is 0.477 e. The number of urea groups is 1. The maximum atomic E-state index is 15.0. The Kier molecular flexibility index (Phi) is 8.58. The van der Waals surface area contributed by atoms with Gasteiger partial charge in [-0.1, -0.05) is 0 Å². The van der Waals surface area contributed by atoms with Gasteiger partial charge in [0.1, 0.15) is 18.0 Å². The van der Waals surface area contributed by atoms with E-state index in [1.54, 1.807) is 11.8 Å². The maximum Gasteiger partial charge on any atom is 0.413 e. The van der Waals surface area contributed by atoms with Gasteiger partial charge >= 0.3 is 12.1 Å². The third kappa shape index (κ3) is 6.87. The Morgan fingerprint density at radius 1 is 1.17 bits per heavy atom. The first kappa shape index (κ1) is 28.6. The van der Waals surface area contributed by atoms with Crippen molar-refractivity contribution in [3.05, 3.63) is 24.7 Å². The summed E-state index contributed by atoms with van der Waals surface area (Å²) in [5.41, 5.74) is 0. The van der Waals surface area contributed by atoms with Crippen LogP contribution in [0.2, 0.25) is 0 Å². The molecule has 0 aliphatic carbocycles. The van der Waals surface area contributed by atoms with Gasteiger partial charge in [-0.2, -0.15) is 4.98 Å². The molecule has 3 saturated heterocycles. The SMILES string of the molecule is CCOc1cnc(NC(=O)N(C)[C@H]2CN(c3nccc(NC(=O)O[C@@H]4C[C@@H]5CNCCN5C4)n3)CCC2(F)F)cn1. The molecule has 3 aliphatic rings. The average Bonchev–Trinajstić information content (AvgIpc) is 3.36. The van der Waals surface area contributed by atoms with Crippen LogP contribution < -0.4 is 25.6 Å². The third-order valence-corrected chi connectivity index (χ3v) is 7.41. The van der Waals surface area contributed by atoms with Crippen LogP contribution in [0.3, 0.4) is 0 Å². The number of nitrogens with zero attached hydrogens (tertiary/aromatic N) is 7. The Bertz CT molecular complexity index is 1210. The predicted octanol–water partition coefficient (Wildman–Crippen LogP) is 1.64. The molecule has 0 unspecified atom stereocenters. The summed E-state index contributed by atoms with van der Waals surface area (Å²) in [4.78, 5) is 46.8. The molecule has 2 aromatic heterocycles. The molecule has 0 saturated carbocycles. The van der Waals surface area contributed by atoms with Crippen LogP contribution in [0.15, 0.2) is 24.7 Å². The minimum absolute atomic E-state index is 0.0371. The number of hydrogen-bond acceptors (Lipinski definition) is 11. The van der Waals surface area contributed by atoms with Crippen LogP contribution in [0.25, 0.3) is 0 Å². The fraction of sp³-hybridized carbons (Fsp3) is 0.600. The van der Waals surface area contributed by atoms with Crippen molar-refractivity contribution in [2.75, 3.05) is 68.5 Å². The number of aromatic nitrogens is 4. The summed E-state index contributed by atoms with van der Waals surface area (Å²) < 4.78 is 40.8. The number of fused-ring (bicyclic) bond motifs is 1. The molecule has 3 aliphatic heterocycles. The zero-order chi connectivity index (χ0) is 29.0. The highest BCUT2D eigenvalue weighted by Gasteiger charge is 2.48. The molecular formula is C25H34F2N10O4. The molecule has 3 fully saturated rings. The van der Waals surface area contributed by atoms with E-state index < -0.39 is 30.5 Å². The van der Waals surface area contributed by atoms with E-state index in [4.69, 9.17) is 9.47 Å². The van der Waals surface area contributed by atoms with Crippen molar-refractivity contribution in [3.63, 3.8) is 0 Å². The van der Waals surface area contributed by atoms with E-state index in [9.17, 15) is 18.4 Å². The Morgan fingerprint density at radius 3 is 2.78 bits per heavy atom. The number of hydrogen-bond donors (Lipinski definition) is 3. The second-order valence-corrected chi connectivity index (χ2v) is 10.2. The number of rotatable bonds is 7. The van der Waals surface area contributed by atoms with E-state index in [-0.39, 0.29) is 42.7 Å². The van der Waals surface area contributed by atoms with Crippen molar-refractivity contribution in [1.29, 1.82) is 0 Å². The van der Waals surface area contributed by atoms with E-state index in [0.29, 0.717) is 19.2 Å². The van der Waals surface area contributed by atoms with Crippen molar-refractivity contribution in [1.82, 2.24) is 35.1 Å². The highest BCUT2D eigenvalue weighted by Crippen LogP contribution is 2.33. The van der Waals surface area contributed by atoms with E-state index in [1.807, 2.05) is 0 Å². The zero-order valence-electron chi connectivity index (χ0n) is 22.9. The normalized spacial score (nSPS) is 23.8. The van der Waals surface area contributed by atoms with Crippen LogP contribution in [-0.4, -0.2) is 119 Å². The van der Waals surface area contributed by atoms with Crippen LogP contribution in [0, 0.1) is 0 Å². The van der Waals surface area contributed by atoms with Crippen molar-refractivity contribution in [3.8, 4) is 5.88 Å². The van der Waals surface area contributed by atoms with Crippen LogP contribution in [-0.2, 0) is 4.74 Å². The number of amides is 3. The fourth-order valence-corrected chi connectivity index (χ4v) is 5.27. The number of ether oxygens (including phenoxy) is 2. The molecule has 0 radical (unpaired) electrons. The third-order valence-electron chi connectivity index (χ3n) is 7.41. The summed E-state index contributed by atoms with van der Waals surface area (Å²) in [7, 11) is 1.29. The van der Waals surface area contributed by atoms with Crippen molar-refractivity contribution in [2.45, 2.75) is 43.9 Å². The van der Waals surface area contributed by atoms with Crippen molar-refractivity contribution in [2.24, 2.45) is 0 Å². The summed E-state index contributed by atoms with van der Waals surface area (Å²) in [5, 5.41) is 8.45. The number of alkyl halides is 2. The zero-order valence-corrected chi connectivity index (χ0v) is 22.9. The number of carbonyl (C=O) groups excluding carboxylic acids is 2. The van der Waals surface area contributed by atoms with Gasteiger partial charge in [0.25, 0.3) is 5.92 Å². The van der Waals surface area contributed by atoms with Crippen LogP contribution in [0.5, 0.6) is 5.88 Å². The molecule has 16 heteroatoms. The Labute approximate surface area is 235 Å². The number of likely N-dealkylation sites (N-methyl/N-ethyl adjacent to an activating group) is 1. The Balaban J connectivity index is 1.19. The lowest BCUT2D eigenvalue weighted by Crippen LogP contribution is -2.60. The van der Waals surface area contributed by atoms with E-state index in [0.717, 1.165) is 31.0 Å². The maximum absolute atomic E-state index is 15.0. The lowest BCUT2D eigenvalue weighted by Gasteiger charge is -2.42. The van der Waals surface area contributed by atoms with Crippen molar-refractivity contribution >= 4 is 29.7 Å². The highest BCUT2D eigenvalue weighted by atomic mass is 19.3. The molecule has 3 atom stereocenters. The lowest BCUT2D eigenvalue weighted by atomic mass is 10.00. The number of nitrogens with one attached hydrogen (secondary N) is 3. The Morgan fingerprint density at radius 2 is 2.02 bits per heavy atom. The number of carbonyl (C=O) groups is 2. The second-order valence-electron chi connectivity index (χ2n) is 10.2. The monoisotopic (exact) mass is 576 g/mol. The smallest absolute Gasteiger partial charge is 0.413 e. The first-order valence-corrected chi connectivity index (χ1v) is 13.6. The molecule has 5 rings (SSSR count). The van der Waals surface area contributed by atoms with Gasteiger partial charge in [-0.05, 0) is 13.0 Å². The first-order valence-electron chi connectivity index (χ1n) is 13.6.